The van der Waals surface area contributed by atoms with Crippen molar-refractivity contribution < 1.29 is 29.9 Å². The number of benzene rings is 1. The molecule has 3 unspecified atom stereocenters. The Morgan fingerprint density at radius 1 is 0.808 bits per heavy atom. The van der Waals surface area contributed by atoms with E-state index in [4.69, 9.17) is 9.47 Å². The molecule has 2 aliphatic rings. The van der Waals surface area contributed by atoms with Crippen molar-refractivity contribution in [2.75, 3.05) is 6.61 Å². The van der Waals surface area contributed by atoms with Crippen molar-refractivity contribution in [3.8, 4) is 0 Å². The molecular formula is C20H26O6. The second-order valence-electron chi connectivity index (χ2n) is 6.83. The zero-order chi connectivity index (χ0) is 18.5. The van der Waals surface area contributed by atoms with Gasteiger partial charge in [0.15, 0.2) is 0 Å². The van der Waals surface area contributed by atoms with Crippen LogP contribution in [0.25, 0.3) is 0 Å². The van der Waals surface area contributed by atoms with Crippen LogP contribution in [0.1, 0.15) is 12.0 Å². The molecule has 1 fully saturated rings. The van der Waals surface area contributed by atoms with E-state index in [0.717, 1.165) is 12.0 Å². The molecule has 26 heavy (non-hydrogen) atoms. The van der Waals surface area contributed by atoms with Crippen LogP contribution in [0.15, 0.2) is 54.6 Å². The third kappa shape index (κ3) is 4.40. The van der Waals surface area contributed by atoms with Gasteiger partial charge in [-0.2, -0.15) is 0 Å². The van der Waals surface area contributed by atoms with Crippen LogP contribution in [-0.2, 0) is 16.1 Å². The number of allylic oxidation sites excluding steroid dienone is 3. The summed E-state index contributed by atoms with van der Waals surface area (Å²) in [6, 6.07) is 9.29. The molecule has 1 saturated carbocycles. The Kier molecular flexibility index (Phi) is 6.58. The lowest BCUT2D eigenvalue weighted by Gasteiger charge is -2.43. The molecule has 1 aromatic rings. The average molecular weight is 362 g/mol. The van der Waals surface area contributed by atoms with Gasteiger partial charge in [0.05, 0.1) is 13.2 Å². The van der Waals surface area contributed by atoms with Crippen LogP contribution < -0.4 is 0 Å². The van der Waals surface area contributed by atoms with Crippen molar-refractivity contribution in [3.63, 3.8) is 0 Å². The van der Waals surface area contributed by atoms with Gasteiger partial charge in [0, 0.05) is 5.92 Å². The molecule has 7 atom stereocenters. The lowest BCUT2D eigenvalue weighted by atomic mass is 9.84. The fourth-order valence-corrected chi connectivity index (χ4v) is 3.33. The summed E-state index contributed by atoms with van der Waals surface area (Å²) < 4.78 is 11.2. The zero-order valence-electron chi connectivity index (χ0n) is 14.5. The predicted molar refractivity (Wildman–Crippen MR) is 95.2 cm³/mol. The van der Waals surface area contributed by atoms with Gasteiger partial charge in [-0.05, 0) is 12.0 Å². The van der Waals surface area contributed by atoms with Gasteiger partial charge in [0.25, 0.3) is 0 Å². The lowest BCUT2D eigenvalue weighted by molar-refractivity contribution is -0.249. The highest BCUT2D eigenvalue weighted by Gasteiger charge is 2.50. The van der Waals surface area contributed by atoms with Gasteiger partial charge in [0.1, 0.15) is 36.6 Å². The fourth-order valence-electron chi connectivity index (χ4n) is 3.33. The summed E-state index contributed by atoms with van der Waals surface area (Å²) in [7, 11) is 0. The number of aliphatic hydroxyl groups is 4. The van der Waals surface area contributed by atoms with Crippen LogP contribution in [0.4, 0.5) is 0 Å². The first-order valence-corrected chi connectivity index (χ1v) is 8.90. The Labute approximate surface area is 153 Å². The molecule has 1 aromatic carbocycles. The second kappa shape index (κ2) is 8.90. The van der Waals surface area contributed by atoms with E-state index in [1.165, 1.54) is 0 Å². The molecule has 0 aromatic heterocycles. The largest absolute Gasteiger partial charge is 0.387 e. The Morgan fingerprint density at radius 2 is 1.42 bits per heavy atom. The highest BCUT2D eigenvalue weighted by molar-refractivity contribution is 5.14. The molecule has 0 heterocycles. The van der Waals surface area contributed by atoms with E-state index < -0.39 is 36.6 Å². The number of aliphatic hydroxyl groups excluding tert-OH is 4. The highest BCUT2D eigenvalue weighted by atomic mass is 16.5. The molecule has 3 rings (SSSR count). The number of hydrogen-bond acceptors (Lipinski definition) is 6. The van der Waals surface area contributed by atoms with Crippen molar-refractivity contribution in [2.24, 2.45) is 5.92 Å². The lowest BCUT2D eigenvalue weighted by Crippen LogP contribution is -2.65. The fraction of sp³-hybridized carbons (Fsp3) is 0.500. The second-order valence-corrected chi connectivity index (χ2v) is 6.83. The Balaban J connectivity index is 1.58. The molecule has 0 radical (unpaired) electrons. The molecule has 4 N–H and O–H groups in total. The summed E-state index contributed by atoms with van der Waals surface area (Å²) in [5.74, 6) is 0.140. The third-order valence-electron chi connectivity index (χ3n) is 4.90. The summed E-state index contributed by atoms with van der Waals surface area (Å²) in [5, 5.41) is 41.4. The highest BCUT2D eigenvalue weighted by Crippen LogP contribution is 2.27. The summed E-state index contributed by atoms with van der Waals surface area (Å²) in [6.07, 6.45) is 1.09. The van der Waals surface area contributed by atoms with Crippen molar-refractivity contribution in [2.45, 2.75) is 49.7 Å². The first kappa shape index (κ1) is 19.2. The van der Waals surface area contributed by atoms with Crippen LogP contribution in [0.2, 0.25) is 0 Å². The SMILES string of the molecule is O[C@@H]1C(OCc2ccccc2)[C@H](O)[C@@H](O)C(OCC2C=CC=CC2)[C@@H]1O. The first-order valence-electron chi connectivity index (χ1n) is 8.90. The Hall–Kier alpha value is -1.54. The van der Waals surface area contributed by atoms with E-state index >= 15 is 0 Å². The monoisotopic (exact) mass is 362 g/mol. The summed E-state index contributed by atoms with van der Waals surface area (Å²) >= 11 is 0. The van der Waals surface area contributed by atoms with Crippen LogP contribution in [0.5, 0.6) is 0 Å². The van der Waals surface area contributed by atoms with Crippen molar-refractivity contribution in [1.29, 1.82) is 0 Å². The topological polar surface area (TPSA) is 99.4 Å². The average Bonchev–Trinajstić information content (AvgIpc) is 2.68. The standard InChI is InChI=1S/C20H26O6/c21-15-17(23)20(26-12-14-9-5-2-6-10-14)18(24)16(22)19(15)25-11-13-7-3-1-4-8-13/h1-9,14-24H,10-12H2/t14?,15-,16+,17-,18-,19?,20?/m1/s1. The Bertz CT molecular complexity index is 600. The van der Waals surface area contributed by atoms with Gasteiger partial charge in [-0.1, -0.05) is 54.6 Å². The molecule has 6 heteroatoms. The predicted octanol–water partition coefficient (Wildman–Crippen LogP) is 0.547. The molecule has 0 bridgehead atoms. The Morgan fingerprint density at radius 3 is 2.00 bits per heavy atom. The van der Waals surface area contributed by atoms with Gasteiger partial charge < -0.3 is 29.9 Å². The smallest absolute Gasteiger partial charge is 0.115 e. The van der Waals surface area contributed by atoms with E-state index in [1.807, 2.05) is 54.6 Å². The minimum Gasteiger partial charge on any atom is -0.387 e. The third-order valence-corrected chi connectivity index (χ3v) is 4.90. The van der Waals surface area contributed by atoms with Gasteiger partial charge in [0.2, 0.25) is 0 Å². The number of rotatable bonds is 6. The van der Waals surface area contributed by atoms with Gasteiger partial charge in [-0.3, -0.25) is 0 Å². The van der Waals surface area contributed by atoms with Crippen molar-refractivity contribution in [3.05, 3.63) is 60.2 Å². The van der Waals surface area contributed by atoms with Crippen LogP contribution in [0.3, 0.4) is 0 Å². The van der Waals surface area contributed by atoms with E-state index in [9.17, 15) is 20.4 Å². The van der Waals surface area contributed by atoms with Gasteiger partial charge in [-0.15, -0.1) is 0 Å². The maximum Gasteiger partial charge on any atom is 0.115 e. The molecule has 142 valence electrons. The first-order chi connectivity index (χ1) is 12.6. The quantitative estimate of drug-likeness (QED) is 0.590. The molecule has 0 saturated heterocycles. The van der Waals surface area contributed by atoms with Gasteiger partial charge in [-0.25, -0.2) is 0 Å². The molecule has 0 spiro atoms. The zero-order valence-corrected chi connectivity index (χ0v) is 14.5. The van der Waals surface area contributed by atoms with Crippen molar-refractivity contribution >= 4 is 0 Å². The molecule has 0 aliphatic heterocycles. The van der Waals surface area contributed by atoms with Crippen molar-refractivity contribution in [1.82, 2.24) is 0 Å². The van der Waals surface area contributed by atoms with E-state index in [2.05, 4.69) is 0 Å². The maximum atomic E-state index is 10.4. The minimum atomic E-state index is -1.36. The van der Waals surface area contributed by atoms with Crippen LogP contribution >= 0.6 is 0 Å². The number of hydrogen-bond donors (Lipinski definition) is 4. The summed E-state index contributed by atoms with van der Waals surface area (Å²) in [4.78, 5) is 0. The summed E-state index contributed by atoms with van der Waals surface area (Å²) in [6.45, 7) is 0.443. The van der Waals surface area contributed by atoms with Gasteiger partial charge >= 0.3 is 0 Å². The van der Waals surface area contributed by atoms with Crippen LogP contribution in [-0.4, -0.2) is 63.7 Å². The molecule has 6 nitrogen and oxygen atoms in total. The molecule has 0 amide bonds. The van der Waals surface area contributed by atoms with E-state index in [0.29, 0.717) is 0 Å². The maximum absolute atomic E-state index is 10.4. The molecule has 2 aliphatic carbocycles. The van der Waals surface area contributed by atoms with Crippen LogP contribution in [0, 0.1) is 5.92 Å². The number of ether oxygens (including phenoxy) is 2. The van der Waals surface area contributed by atoms with E-state index in [-0.39, 0.29) is 19.1 Å². The minimum absolute atomic E-state index is 0.140. The van der Waals surface area contributed by atoms with E-state index in [1.54, 1.807) is 0 Å². The molecular weight excluding hydrogens is 336 g/mol. The summed E-state index contributed by atoms with van der Waals surface area (Å²) in [5.41, 5.74) is 0.867. The normalized spacial score (nSPS) is 37.0.